The Labute approximate surface area is 157 Å². The maximum atomic E-state index is 11.8. The van der Waals surface area contributed by atoms with Gasteiger partial charge in [0, 0.05) is 35.8 Å². The van der Waals surface area contributed by atoms with Crippen LogP contribution in [0, 0.1) is 6.92 Å². The lowest BCUT2D eigenvalue weighted by Gasteiger charge is -2.16. The van der Waals surface area contributed by atoms with E-state index in [1.165, 1.54) is 13.1 Å². The predicted octanol–water partition coefficient (Wildman–Crippen LogP) is 2.26. The molecule has 2 aromatic rings. The van der Waals surface area contributed by atoms with E-state index in [4.69, 9.17) is 11.5 Å². The van der Waals surface area contributed by atoms with E-state index >= 15 is 0 Å². The molecule has 3 heterocycles. The van der Waals surface area contributed by atoms with Gasteiger partial charge in [-0.15, -0.1) is 0 Å². The Morgan fingerprint density at radius 2 is 2.11 bits per heavy atom. The topological polar surface area (TPSA) is 119 Å². The Bertz CT molecular complexity index is 974. The van der Waals surface area contributed by atoms with Crippen LogP contribution < -0.4 is 16.8 Å². The van der Waals surface area contributed by atoms with Crippen LogP contribution in [-0.2, 0) is 4.79 Å². The number of nitrogens with zero attached hydrogens (tertiary/aromatic N) is 3. The molecule has 0 aromatic carbocycles. The summed E-state index contributed by atoms with van der Waals surface area (Å²) in [7, 11) is 0. The van der Waals surface area contributed by atoms with Crippen LogP contribution in [0.5, 0.6) is 0 Å². The molecule has 0 bridgehead atoms. The first kappa shape index (κ1) is 18.3. The van der Waals surface area contributed by atoms with Crippen LogP contribution in [0.15, 0.2) is 53.3 Å². The molecular weight excluding hydrogens is 340 g/mol. The lowest BCUT2D eigenvalue weighted by Crippen LogP contribution is -2.16. The third kappa shape index (κ3) is 4.03. The Morgan fingerprint density at radius 1 is 1.30 bits per heavy atom. The number of rotatable bonds is 5. The van der Waals surface area contributed by atoms with Gasteiger partial charge in [-0.3, -0.25) is 14.8 Å². The molecule has 5 N–H and O–H groups in total. The number of nitrogens with two attached hydrogens (primary N) is 2. The van der Waals surface area contributed by atoms with E-state index in [0.717, 1.165) is 28.9 Å². The molecule has 0 saturated heterocycles. The van der Waals surface area contributed by atoms with Crippen LogP contribution in [0.3, 0.4) is 0 Å². The normalized spacial score (nSPS) is 16.1. The minimum atomic E-state index is -0.147. The Balaban J connectivity index is 2.10. The maximum Gasteiger partial charge on any atom is 0.163 e. The number of allylic oxidation sites excluding steroid dienone is 1. The summed E-state index contributed by atoms with van der Waals surface area (Å²) in [5, 5.41) is 3.37. The summed E-state index contributed by atoms with van der Waals surface area (Å²) in [6, 6.07) is 9.42. The molecule has 1 aliphatic heterocycles. The molecule has 0 radical (unpaired) electrons. The Kier molecular flexibility index (Phi) is 5.30. The zero-order valence-electron chi connectivity index (χ0n) is 15.4. The van der Waals surface area contributed by atoms with Crippen molar-refractivity contribution in [2.45, 2.75) is 20.3 Å². The molecule has 3 rings (SSSR count). The van der Waals surface area contributed by atoms with Crippen molar-refractivity contribution in [3.05, 3.63) is 65.3 Å². The van der Waals surface area contributed by atoms with Gasteiger partial charge in [0.2, 0.25) is 0 Å². The number of aryl methyl sites for hydroxylation is 1. The zero-order valence-corrected chi connectivity index (χ0v) is 15.4. The second-order valence-corrected chi connectivity index (χ2v) is 6.23. The van der Waals surface area contributed by atoms with Crippen molar-refractivity contribution >= 4 is 28.7 Å². The molecule has 0 amide bonds. The van der Waals surface area contributed by atoms with Crippen LogP contribution in [0.2, 0.25) is 0 Å². The van der Waals surface area contributed by atoms with Gasteiger partial charge in [0.25, 0.3) is 0 Å². The average Bonchev–Trinajstić information content (AvgIpc) is 3.06. The molecule has 138 valence electrons. The summed E-state index contributed by atoms with van der Waals surface area (Å²) in [6.07, 6.45) is 3.65. The second kappa shape index (κ2) is 7.82. The lowest BCUT2D eigenvalue weighted by molar-refractivity contribution is -0.111. The predicted molar refractivity (Wildman–Crippen MR) is 108 cm³/mol. The summed E-state index contributed by atoms with van der Waals surface area (Å²) in [4.78, 5) is 24.9. The number of Topliss-reactive ketones (excluding diaryl/α,β-unsaturated/α-hetero) is 1. The minimum Gasteiger partial charge on any atom is -0.404 e. The molecular formula is C20H22N6O. The van der Waals surface area contributed by atoms with Crippen molar-refractivity contribution in [1.82, 2.24) is 9.97 Å². The molecule has 27 heavy (non-hydrogen) atoms. The van der Waals surface area contributed by atoms with Gasteiger partial charge in [-0.2, -0.15) is 0 Å². The standard InChI is InChI=1S/C20H22N6O/c1-12-4-3-5-18(25-12)26-19(15-7-9-24-20(15)22)14-6-8-23-17(10-14)16(11-21)13(2)27/h3-6,8,10-11H,7,9,21H2,1-2H3,(H2,22,24)(H,25,26)/b16-11?,19-15-. The van der Waals surface area contributed by atoms with E-state index in [2.05, 4.69) is 20.3 Å². The Hall–Kier alpha value is -3.48. The highest BCUT2D eigenvalue weighted by atomic mass is 16.1. The first-order valence-corrected chi connectivity index (χ1v) is 8.63. The van der Waals surface area contributed by atoms with E-state index in [0.29, 0.717) is 29.5 Å². The maximum absolute atomic E-state index is 11.8. The van der Waals surface area contributed by atoms with Crippen molar-refractivity contribution in [3.63, 3.8) is 0 Å². The summed E-state index contributed by atoms with van der Waals surface area (Å²) in [6.45, 7) is 4.04. The SMILES string of the molecule is CC(=O)C(=CN)c1cc(/C(Nc2cccc(C)n2)=C2\CCN=C2N)ccn1. The van der Waals surface area contributed by atoms with Gasteiger partial charge in [-0.1, -0.05) is 6.07 Å². The highest BCUT2D eigenvalue weighted by molar-refractivity contribution is 6.19. The number of aromatic nitrogens is 2. The molecule has 0 fully saturated rings. The molecule has 0 aliphatic carbocycles. The number of ketones is 1. The number of hydrogen-bond donors (Lipinski definition) is 3. The van der Waals surface area contributed by atoms with Gasteiger partial charge < -0.3 is 16.8 Å². The summed E-state index contributed by atoms with van der Waals surface area (Å²) in [5.74, 6) is 1.06. The van der Waals surface area contributed by atoms with Crippen LogP contribution in [-0.4, -0.2) is 28.1 Å². The van der Waals surface area contributed by atoms with Crippen LogP contribution in [0.25, 0.3) is 11.3 Å². The fourth-order valence-corrected chi connectivity index (χ4v) is 2.94. The quantitative estimate of drug-likeness (QED) is 0.702. The number of pyridine rings is 2. The van der Waals surface area contributed by atoms with Crippen molar-refractivity contribution in [2.24, 2.45) is 16.5 Å². The van der Waals surface area contributed by atoms with Gasteiger partial charge in [-0.25, -0.2) is 4.98 Å². The number of nitrogens with one attached hydrogen (secondary N) is 1. The van der Waals surface area contributed by atoms with Gasteiger partial charge in [0.1, 0.15) is 11.7 Å². The van der Waals surface area contributed by atoms with Gasteiger partial charge in [0.15, 0.2) is 5.78 Å². The van der Waals surface area contributed by atoms with Crippen molar-refractivity contribution in [1.29, 1.82) is 0 Å². The number of aliphatic imine (C=N–C) groups is 1. The molecule has 0 atom stereocenters. The second-order valence-electron chi connectivity index (χ2n) is 6.23. The highest BCUT2D eigenvalue weighted by Gasteiger charge is 2.19. The summed E-state index contributed by atoms with van der Waals surface area (Å²) in [5.41, 5.74) is 16.0. The van der Waals surface area contributed by atoms with E-state index in [-0.39, 0.29) is 5.78 Å². The van der Waals surface area contributed by atoms with Crippen LogP contribution >= 0.6 is 0 Å². The number of carbonyl (C=O) groups excluding carboxylic acids is 1. The first-order valence-electron chi connectivity index (χ1n) is 8.63. The van der Waals surface area contributed by atoms with E-state index < -0.39 is 0 Å². The van der Waals surface area contributed by atoms with Crippen LogP contribution in [0.4, 0.5) is 5.82 Å². The van der Waals surface area contributed by atoms with E-state index in [9.17, 15) is 4.79 Å². The molecule has 2 aromatic heterocycles. The molecule has 1 aliphatic rings. The molecule has 0 unspecified atom stereocenters. The van der Waals surface area contributed by atoms with Crippen LogP contribution in [0.1, 0.15) is 30.3 Å². The zero-order chi connectivity index (χ0) is 19.4. The van der Waals surface area contributed by atoms with E-state index in [1.807, 2.05) is 37.3 Å². The fraction of sp³-hybridized carbons (Fsp3) is 0.200. The number of amidine groups is 1. The molecule has 7 heteroatoms. The highest BCUT2D eigenvalue weighted by Crippen LogP contribution is 2.27. The third-order valence-electron chi connectivity index (χ3n) is 4.27. The fourth-order valence-electron chi connectivity index (χ4n) is 2.94. The summed E-state index contributed by atoms with van der Waals surface area (Å²) < 4.78 is 0. The number of carbonyl (C=O) groups is 1. The monoisotopic (exact) mass is 362 g/mol. The van der Waals surface area contributed by atoms with Gasteiger partial charge in [-0.05, 0) is 44.5 Å². The third-order valence-corrected chi connectivity index (χ3v) is 4.27. The van der Waals surface area contributed by atoms with E-state index in [1.54, 1.807) is 6.20 Å². The average molecular weight is 362 g/mol. The Morgan fingerprint density at radius 3 is 2.74 bits per heavy atom. The smallest absolute Gasteiger partial charge is 0.163 e. The molecule has 7 nitrogen and oxygen atoms in total. The molecule has 0 saturated carbocycles. The van der Waals surface area contributed by atoms with Crippen molar-refractivity contribution in [3.8, 4) is 0 Å². The molecule has 0 spiro atoms. The largest absolute Gasteiger partial charge is 0.404 e. The van der Waals surface area contributed by atoms with Crippen molar-refractivity contribution < 1.29 is 4.79 Å². The van der Waals surface area contributed by atoms with Gasteiger partial charge >= 0.3 is 0 Å². The summed E-state index contributed by atoms with van der Waals surface area (Å²) >= 11 is 0. The first-order chi connectivity index (χ1) is 13.0. The van der Waals surface area contributed by atoms with Gasteiger partial charge in [0.05, 0.1) is 17.0 Å². The number of anilines is 1. The number of hydrogen-bond acceptors (Lipinski definition) is 7. The minimum absolute atomic E-state index is 0.147. The lowest BCUT2D eigenvalue weighted by atomic mass is 10.0. The van der Waals surface area contributed by atoms with Crippen molar-refractivity contribution in [2.75, 3.05) is 11.9 Å².